The van der Waals surface area contributed by atoms with E-state index in [1.165, 1.54) is 0 Å². The van der Waals surface area contributed by atoms with Gasteiger partial charge in [-0.2, -0.15) is 0 Å². The molecule has 0 saturated carbocycles. The predicted octanol–water partition coefficient (Wildman–Crippen LogP) is 3.19. The van der Waals surface area contributed by atoms with E-state index in [9.17, 15) is 4.79 Å². The van der Waals surface area contributed by atoms with Crippen LogP contribution < -0.4 is 11.1 Å². The fourth-order valence-corrected chi connectivity index (χ4v) is 3.42. The Labute approximate surface area is 147 Å². The summed E-state index contributed by atoms with van der Waals surface area (Å²) < 4.78 is 0. The number of hydrogen-bond acceptors (Lipinski definition) is 4. The average molecular weight is 347 g/mol. The highest BCUT2D eigenvalue weighted by atomic mass is 35.5. The van der Waals surface area contributed by atoms with Crippen molar-refractivity contribution >= 4 is 34.2 Å². The summed E-state index contributed by atoms with van der Waals surface area (Å²) in [5.74, 6) is 1.36. The molecule has 1 fully saturated rings. The van der Waals surface area contributed by atoms with Crippen molar-refractivity contribution in [3.05, 3.63) is 34.9 Å². The van der Waals surface area contributed by atoms with Crippen LogP contribution in [0, 0.1) is 5.92 Å². The molecule has 5 nitrogen and oxygen atoms in total. The predicted molar refractivity (Wildman–Crippen MR) is 98.2 cm³/mol. The van der Waals surface area contributed by atoms with Crippen LogP contribution >= 0.6 is 11.6 Å². The summed E-state index contributed by atoms with van der Waals surface area (Å²) in [5, 5.41) is 5.05. The molecule has 3 rings (SSSR count). The Morgan fingerprint density at radius 1 is 1.54 bits per heavy atom. The highest BCUT2D eigenvalue weighted by Crippen LogP contribution is 2.29. The maximum atomic E-state index is 11.5. The van der Waals surface area contributed by atoms with Gasteiger partial charge in [0.15, 0.2) is 0 Å². The molecule has 0 aliphatic carbocycles. The number of halogens is 1. The molecule has 24 heavy (non-hydrogen) atoms. The monoisotopic (exact) mass is 346 g/mol. The molecule has 1 aromatic carbocycles. The Balaban J connectivity index is 1.81. The van der Waals surface area contributed by atoms with Gasteiger partial charge in [0, 0.05) is 43.5 Å². The molecular weight excluding hydrogens is 324 g/mol. The molecular formula is C18H23ClN4O. The summed E-state index contributed by atoms with van der Waals surface area (Å²) in [5.41, 5.74) is 7.88. The van der Waals surface area contributed by atoms with Gasteiger partial charge in [0.1, 0.15) is 5.82 Å². The summed E-state index contributed by atoms with van der Waals surface area (Å²) in [6.07, 6.45) is 1.01. The van der Waals surface area contributed by atoms with E-state index in [-0.39, 0.29) is 11.9 Å². The molecule has 2 atom stereocenters. The van der Waals surface area contributed by atoms with Crippen molar-refractivity contribution in [1.29, 1.82) is 0 Å². The maximum absolute atomic E-state index is 11.5. The van der Waals surface area contributed by atoms with Crippen molar-refractivity contribution in [3.8, 4) is 0 Å². The number of rotatable bonds is 4. The third-order valence-electron chi connectivity index (χ3n) is 4.61. The van der Waals surface area contributed by atoms with E-state index in [1.54, 1.807) is 6.92 Å². The van der Waals surface area contributed by atoms with Crippen LogP contribution in [-0.2, 0) is 4.79 Å². The number of carbonyl (C=O) groups excluding carboxylic acids is 1. The molecule has 0 radical (unpaired) electrons. The fraction of sp³-hybridized carbons (Fsp3) is 0.444. The van der Waals surface area contributed by atoms with E-state index in [2.05, 4.69) is 11.4 Å². The summed E-state index contributed by atoms with van der Waals surface area (Å²) in [4.78, 5) is 18.1. The minimum absolute atomic E-state index is 0.124. The Morgan fingerprint density at radius 2 is 2.33 bits per heavy atom. The fourth-order valence-electron chi connectivity index (χ4n) is 3.19. The molecule has 1 aromatic heterocycles. The SMILES string of the molecule is CC(=O)N1CC[C@H](CNc2nc3c(Cl)cccc3cc2[C@H](C)N)C1. The normalized spacial score (nSPS) is 18.8. The van der Waals surface area contributed by atoms with Crippen LogP contribution in [0.1, 0.15) is 31.9 Å². The summed E-state index contributed by atoms with van der Waals surface area (Å²) in [6.45, 7) is 5.97. The van der Waals surface area contributed by atoms with E-state index < -0.39 is 0 Å². The largest absolute Gasteiger partial charge is 0.369 e. The number of aromatic nitrogens is 1. The Morgan fingerprint density at radius 3 is 3.00 bits per heavy atom. The van der Waals surface area contributed by atoms with Crippen LogP contribution in [0.2, 0.25) is 5.02 Å². The second-order valence-electron chi connectivity index (χ2n) is 6.53. The van der Waals surface area contributed by atoms with Crippen LogP contribution in [0.25, 0.3) is 10.9 Å². The van der Waals surface area contributed by atoms with Crippen molar-refractivity contribution in [3.63, 3.8) is 0 Å². The second kappa shape index (κ2) is 6.95. The summed E-state index contributed by atoms with van der Waals surface area (Å²) in [6, 6.07) is 7.68. The molecule has 3 N–H and O–H groups in total. The lowest BCUT2D eigenvalue weighted by Crippen LogP contribution is -2.27. The Kier molecular flexibility index (Phi) is 4.92. The highest BCUT2D eigenvalue weighted by molar-refractivity contribution is 6.35. The molecule has 2 heterocycles. The number of anilines is 1. The molecule has 1 amide bonds. The number of likely N-dealkylation sites (tertiary alicyclic amines) is 1. The number of pyridine rings is 1. The first-order chi connectivity index (χ1) is 11.5. The quantitative estimate of drug-likeness (QED) is 0.891. The first-order valence-corrected chi connectivity index (χ1v) is 8.67. The van der Waals surface area contributed by atoms with Crippen molar-refractivity contribution < 1.29 is 4.79 Å². The zero-order valence-corrected chi connectivity index (χ0v) is 14.8. The van der Waals surface area contributed by atoms with Crippen LogP contribution in [-0.4, -0.2) is 35.4 Å². The van der Waals surface area contributed by atoms with Crippen molar-refractivity contribution in [2.75, 3.05) is 25.0 Å². The first kappa shape index (κ1) is 17.0. The Hall–Kier alpha value is -1.85. The van der Waals surface area contributed by atoms with Crippen molar-refractivity contribution in [2.24, 2.45) is 11.7 Å². The third kappa shape index (κ3) is 3.47. The second-order valence-corrected chi connectivity index (χ2v) is 6.93. The van der Waals surface area contributed by atoms with Gasteiger partial charge in [-0.25, -0.2) is 4.98 Å². The molecule has 1 saturated heterocycles. The van der Waals surface area contributed by atoms with Gasteiger partial charge in [-0.05, 0) is 31.4 Å². The van der Waals surface area contributed by atoms with Crippen molar-refractivity contribution in [2.45, 2.75) is 26.3 Å². The minimum Gasteiger partial charge on any atom is -0.369 e. The van der Waals surface area contributed by atoms with E-state index >= 15 is 0 Å². The molecule has 2 aromatic rings. The van der Waals surface area contributed by atoms with E-state index in [0.29, 0.717) is 10.9 Å². The maximum Gasteiger partial charge on any atom is 0.219 e. The number of nitrogens with two attached hydrogens (primary N) is 1. The number of para-hydroxylation sites is 1. The van der Waals surface area contributed by atoms with Gasteiger partial charge in [-0.15, -0.1) is 0 Å². The lowest BCUT2D eigenvalue weighted by Gasteiger charge is -2.18. The summed E-state index contributed by atoms with van der Waals surface area (Å²) in [7, 11) is 0. The summed E-state index contributed by atoms with van der Waals surface area (Å²) >= 11 is 6.28. The molecule has 0 spiro atoms. The van der Waals surface area contributed by atoms with Crippen LogP contribution in [0.3, 0.4) is 0 Å². The number of nitrogens with one attached hydrogen (secondary N) is 1. The highest BCUT2D eigenvalue weighted by Gasteiger charge is 2.24. The van der Waals surface area contributed by atoms with Crippen LogP contribution in [0.5, 0.6) is 0 Å². The minimum atomic E-state index is -0.124. The number of fused-ring (bicyclic) bond motifs is 1. The van der Waals surface area contributed by atoms with Crippen LogP contribution in [0.15, 0.2) is 24.3 Å². The molecule has 1 aliphatic heterocycles. The van der Waals surface area contributed by atoms with Gasteiger partial charge >= 0.3 is 0 Å². The third-order valence-corrected chi connectivity index (χ3v) is 4.91. The lowest BCUT2D eigenvalue weighted by molar-refractivity contribution is -0.127. The van der Waals surface area contributed by atoms with Crippen LogP contribution in [0.4, 0.5) is 5.82 Å². The number of carbonyl (C=O) groups is 1. The van der Waals surface area contributed by atoms with E-state index in [4.69, 9.17) is 22.3 Å². The zero-order chi connectivity index (χ0) is 17.3. The van der Waals surface area contributed by atoms with Gasteiger partial charge < -0.3 is 16.0 Å². The number of hydrogen-bond donors (Lipinski definition) is 2. The van der Waals surface area contributed by atoms with Crippen molar-refractivity contribution in [1.82, 2.24) is 9.88 Å². The van der Waals surface area contributed by atoms with E-state index in [0.717, 1.165) is 48.3 Å². The van der Waals surface area contributed by atoms with Gasteiger partial charge in [-0.1, -0.05) is 23.7 Å². The first-order valence-electron chi connectivity index (χ1n) is 8.30. The zero-order valence-electron chi connectivity index (χ0n) is 14.1. The molecule has 0 unspecified atom stereocenters. The van der Waals surface area contributed by atoms with Gasteiger partial charge in [-0.3, -0.25) is 4.79 Å². The number of benzene rings is 1. The molecule has 6 heteroatoms. The van der Waals surface area contributed by atoms with Gasteiger partial charge in [0.2, 0.25) is 5.91 Å². The van der Waals surface area contributed by atoms with Gasteiger partial charge in [0.05, 0.1) is 10.5 Å². The lowest BCUT2D eigenvalue weighted by atomic mass is 10.1. The van der Waals surface area contributed by atoms with E-state index in [1.807, 2.05) is 30.0 Å². The molecule has 1 aliphatic rings. The topological polar surface area (TPSA) is 71.2 Å². The van der Waals surface area contributed by atoms with Gasteiger partial charge in [0.25, 0.3) is 0 Å². The number of amides is 1. The molecule has 128 valence electrons. The number of nitrogens with zero attached hydrogens (tertiary/aromatic N) is 2. The Bertz CT molecular complexity index is 762. The average Bonchev–Trinajstić information content (AvgIpc) is 3.02. The smallest absolute Gasteiger partial charge is 0.219 e. The molecule has 0 bridgehead atoms. The standard InChI is InChI=1S/C18H23ClN4O/c1-11(20)15-8-14-4-3-5-16(19)17(14)22-18(15)21-9-13-6-7-23(10-13)12(2)24/h3-5,8,11,13H,6-7,9-10,20H2,1-2H3,(H,21,22)/t11-,13+/m0/s1.